The lowest BCUT2D eigenvalue weighted by Gasteiger charge is -2.56. The van der Waals surface area contributed by atoms with Crippen LogP contribution in [0, 0.1) is 29.1 Å². The molecule has 1 aliphatic carbocycles. The van der Waals surface area contributed by atoms with Crippen molar-refractivity contribution in [1.29, 1.82) is 0 Å². The molecule has 0 nitrogen and oxygen atoms in total. The molecule has 72 valence electrons. The first kappa shape index (κ1) is 10.1. The summed E-state index contributed by atoms with van der Waals surface area (Å²) in [6.07, 6.45) is 1.44. The smallest absolute Gasteiger partial charge is 0.0246 e. The Labute approximate surface area is 77.7 Å². The van der Waals surface area contributed by atoms with E-state index < -0.39 is 0 Å². The van der Waals surface area contributed by atoms with Crippen molar-refractivity contribution in [3.8, 4) is 0 Å². The molecule has 1 saturated carbocycles. The molecule has 0 heteroatoms. The largest absolute Gasteiger partial charge is 0.0625 e. The lowest BCUT2D eigenvalue weighted by Crippen LogP contribution is -2.50. The van der Waals surface area contributed by atoms with Crippen molar-refractivity contribution in [3.05, 3.63) is 0 Å². The van der Waals surface area contributed by atoms with Crippen LogP contribution in [0.2, 0.25) is 0 Å². The van der Waals surface area contributed by atoms with Crippen molar-refractivity contribution >= 4 is 0 Å². The van der Waals surface area contributed by atoms with Crippen molar-refractivity contribution in [2.75, 3.05) is 0 Å². The minimum atomic E-state index is 0.619. The molecule has 0 bridgehead atoms. The molecule has 0 aromatic carbocycles. The monoisotopic (exact) mass is 168 g/mol. The van der Waals surface area contributed by atoms with E-state index in [0.29, 0.717) is 5.41 Å². The molecule has 1 aliphatic rings. The highest BCUT2D eigenvalue weighted by Gasteiger charge is 2.50. The molecule has 1 fully saturated rings. The molecule has 0 amide bonds. The highest BCUT2D eigenvalue weighted by molar-refractivity contribution is 4.98. The van der Waals surface area contributed by atoms with Crippen molar-refractivity contribution in [2.24, 2.45) is 29.1 Å². The van der Waals surface area contributed by atoms with E-state index in [0.717, 1.165) is 23.7 Å². The van der Waals surface area contributed by atoms with Gasteiger partial charge in [0.25, 0.3) is 0 Å². The summed E-state index contributed by atoms with van der Waals surface area (Å²) in [5, 5.41) is 0. The van der Waals surface area contributed by atoms with Crippen molar-refractivity contribution in [2.45, 2.75) is 48.0 Å². The molecule has 1 rings (SSSR count). The van der Waals surface area contributed by atoms with Gasteiger partial charge in [0.05, 0.1) is 0 Å². The normalized spacial score (nSPS) is 44.2. The van der Waals surface area contributed by atoms with Gasteiger partial charge in [-0.15, -0.1) is 0 Å². The number of hydrogen-bond donors (Lipinski definition) is 0. The summed E-state index contributed by atoms with van der Waals surface area (Å²) in [5.74, 6) is 3.58. The van der Waals surface area contributed by atoms with Gasteiger partial charge in [-0.1, -0.05) is 41.5 Å². The second kappa shape index (κ2) is 3.05. The molecule has 0 aromatic rings. The van der Waals surface area contributed by atoms with Crippen LogP contribution in [0.1, 0.15) is 48.0 Å². The summed E-state index contributed by atoms with van der Waals surface area (Å²) in [7, 11) is 0. The molecule has 3 atom stereocenters. The van der Waals surface area contributed by atoms with E-state index in [1.807, 2.05) is 0 Å². The third kappa shape index (κ3) is 1.20. The van der Waals surface area contributed by atoms with Crippen molar-refractivity contribution < 1.29 is 0 Å². The summed E-state index contributed by atoms with van der Waals surface area (Å²) in [5.41, 5.74) is 0.619. The minimum Gasteiger partial charge on any atom is -0.0625 e. The highest BCUT2D eigenvalue weighted by atomic mass is 14.5. The SMILES string of the molecule is CC(C)C(C)C1(C)C(C)CC1C. The van der Waals surface area contributed by atoms with E-state index in [2.05, 4.69) is 41.5 Å². The van der Waals surface area contributed by atoms with Crippen LogP contribution in [0.3, 0.4) is 0 Å². The topological polar surface area (TPSA) is 0 Å². The quantitative estimate of drug-likeness (QED) is 0.585. The molecule has 0 heterocycles. The second-order valence-electron chi connectivity index (χ2n) is 5.44. The average molecular weight is 168 g/mol. The fraction of sp³-hybridized carbons (Fsp3) is 1.00. The van der Waals surface area contributed by atoms with E-state index >= 15 is 0 Å². The Kier molecular flexibility index (Phi) is 2.56. The van der Waals surface area contributed by atoms with E-state index in [1.165, 1.54) is 6.42 Å². The van der Waals surface area contributed by atoms with E-state index in [9.17, 15) is 0 Å². The van der Waals surface area contributed by atoms with Crippen LogP contribution >= 0.6 is 0 Å². The fourth-order valence-electron chi connectivity index (χ4n) is 2.98. The minimum absolute atomic E-state index is 0.619. The zero-order valence-corrected chi connectivity index (χ0v) is 9.52. The molecule has 12 heavy (non-hydrogen) atoms. The van der Waals surface area contributed by atoms with Crippen LogP contribution in [-0.2, 0) is 0 Å². The molecule has 0 aliphatic heterocycles. The maximum Gasteiger partial charge on any atom is -0.0246 e. The van der Waals surface area contributed by atoms with Gasteiger partial charge in [-0.3, -0.25) is 0 Å². The van der Waals surface area contributed by atoms with Gasteiger partial charge in [0.2, 0.25) is 0 Å². The zero-order valence-electron chi connectivity index (χ0n) is 9.52. The predicted molar refractivity (Wildman–Crippen MR) is 55.1 cm³/mol. The van der Waals surface area contributed by atoms with E-state index in [4.69, 9.17) is 0 Å². The third-order valence-electron chi connectivity index (χ3n) is 4.81. The van der Waals surface area contributed by atoms with Crippen molar-refractivity contribution in [3.63, 3.8) is 0 Å². The van der Waals surface area contributed by atoms with Gasteiger partial charge in [0.1, 0.15) is 0 Å². The Hall–Kier alpha value is 0. The zero-order chi connectivity index (χ0) is 9.52. The Balaban J connectivity index is 2.70. The van der Waals surface area contributed by atoms with Crippen LogP contribution in [0.5, 0.6) is 0 Å². The predicted octanol–water partition coefficient (Wildman–Crippen LogP) is 3.96. The van der Waals surface area contributed by atoms with Crippen LogP contribution in [0.4, 0.5) is 0 Å². The molecule has 0 aromatic heterocycles. The molecular formula is C12H24. The van der Waals surface area contributed by atoms with Crippen LogP contribution in [-0.4, -0.2) is 0 Å². The van der Waals surface area contributed by atoms with Gasteiger partial charge >= 0.3 is 0 Å². The van der Waals surface area contributed by atoms with Gasteiger partial charge in [0.15, 0.2) is 0 Å². The maximum atomic E-state index is 2.48. The standard InChI is InChI=1S/C12H24/c1-8(2)11(5)12(6)9(3)7-10(12)4/h8-11H,7H2,1-6H3. The molecule has 0 N–H and O–H groups in total. The van der Waals surface area contributed by atoms with Gasteiger partial charge in [-0.05, 0) is 35.5 Å². The molecule has 3 unspecified atom stereocenters. The molecule has 0 saturated heterocycles. The first-order chi connectivity index (χ1) is 5.40. The van der Waals surface area contributed by atoms with Gasteiger partial charge in [0, 0.05) is 0 Å². The van der Waals surface area contributed by atoms with Crippen LogP contribution in [0.15, 0.2) is 0 Å². The molecule has 0 spiro atoms. The van der Waals surface area contributed by atoms with Crippen LogP contribution in [0.25, 0.3) is 0 Å². The molecular weight excluding hydrogens is 144 g/mol. The number of hydrogen-bond acceptors (Lipinski definition) is 0. The van der Waals surface area contributed by atoms with Gasteiger partial charge in [-0.2, -0.15) is 0 Å². The summed E-state index contributed by atoms with van der Waals surface area (Å²) < 4.78 is 0. The molecule has 0 radical (unpaired) electrons. The highest BCUT2D eigenvalue weighted by Crippen LogP contribution is 2.57. The van der Waals surface area contributed by atoms with E-state index in [1.54, 1.807) is 0 Å². The number of rotatable bonds is 2. The summed E-state index contributed by atoms with van der Waals surface area (Å²) in [6, 6.07) is 0. The Bertz CT molecular complexity index is 149. The summed E-state index contributed by atoms with van der Waals surface area (Å²) >= 11 is 0. The maximum absolute atomic E-state index is 2.48. The Morgan fingerprint density at radius 3 is 1.67 bits per heavy atom. The Morgan fingerprint density at radius 2 is 1.50 bits per heavy atom. The first-order valence-corrected chi connectivity index (χ1v) is 5.40. The first-order valence-electron chi connectivity index (χ1n) is 5.40. The Morgan fingerprint density at radius 1 is 1.08 bits per heavy atom. The van der Waals surface area contributed by atoms with Crippen LogP contribution < -0.4 is 0 Å². The van der Waals surface area contributed by atoms with E-state index in [-0.39, 0.29) is 0 Å². The average Bonchev–Trinajstić information content (AvgIpc) is 2.02. The third-order valence-corrected chi connectivity index (χ3v) is 4.81. The lowest BCUT2D eigenvalue weighted by molar-refractivity contribution is -0.0781. The van der Waals surface area contributed by atoms with Gasteiger partial charge in [-0.25, -0.2) is 0 Å². The summed E-state index contributed by atoms with van der Waals surface area (Å²) in [6.45, 7) is 14.5. The second-order valence-corrected chi connectivity index (χ2v) is 5.44. The fourth-order valence-corrected chi connectivity index (χ4v) is 2.98. The van der Waals surface area contributed by atoms with Crippen molar-refractivity contribution in [1.82, 2.24) is 0 Å². The van der Waals surface area contributed by atoms with Gasteiger partial charge < -0.3 is 0 Å². The summed E-state index contributed by atoms with van der Waals surface area (Å²) in [4.78, 5) is 0. The lowest BCUT2D eigenvalue weighted by atomic mass is 9.48.